The molecule has 0 aliphatic carbocycles. The number of hydrogen-bond donors (Lipinski definition) is 1. The van der Waals surface area contributed by atoms with Gasteiger partial charge in [0.25, 0.3) is 0 Å². The van der Waals surface area contributed by atoms with Crippen LogP contribution in [0.2, 0.25) is 0 Å². The summed E-state index contributed by atoms with van der Waals surface area (Å²) in [7, 11) is 0. The number of aliphatic hydroxyl groups excluding tert-OH is 1. The maximum Gasteiger partial charge on any atom is 0.229 e. The van der Waals surface area contributed by atoms with Crippen molar-refractivity contribution in [1.82, 2.24) is 0 Å². The lowest BCUT2D eigenvalue weighted by molar-refractivity contribution is -0.523. The molecule has 1 N–H and O–H groups in total. The Hall–Kier alpha value is -1.83. The van der Waals surface area contributed by atoms with Crippen molar-refractivity contribution in [3.05, 3.63) is 32.4 Å². The van der Waals surface area contributed by atoms with Crippen LogP contribution in [0.25, 0.3) is 0 Å². The standard InChI is InChI=1S/C18H31N2O6/c1-2-3-4-5-10-16(19(23)24)11-6-7-12-17(20(25)26)13-8-9-14-18(22)15-21/h6-7,16-18,22H,2-5,8-14H2,1H3/b7-6+. The minimum Gasteiger partial charge on any atom is -0.385 e. The van der Waals surface area contributed by atoms with Crippen molar-refractivity contribution in [2.24, 2.45) is 0 Å². The maximum atomic E-state index is 11.1. The second-order valence-corrected chi connectivity index (χ2v) is 6.59. The zero-order chi connectivity index (χ0) is 19.8. The Morgan fingerprint density at radius 3 is 1.77 bits per heavy atom. The lowest BCUT2D eigenvalue weighted by atomic mass is 10.0. The topological polar surface area (TPSA) is 124 Å². The smallest absolute Gasteiger partial charge is 0.229 e. The van der Waals surface area contributed by atoms with E-state index in [4.69, 9.17) is 5.11 Å². The van der Waals surface area contributed by atoms with Gasteiger partial charge in [-0.05, 0) is 19.3 Å². The van der Waals surface area contributed by atoms with Gasteiger partial charge in [-0.25, -0.2) is 0 Å². The normalized spacial score (nSPS) is 14.8. The van der Waals surface area contributed by atoms with E-state index < -0.39 is 18.2 Å². The van der Waals surface area contributed by atoms with Crippen molar-refractivity contribution >= 4 is 6.29 Å². The first-order chi connectivity index (χ1) is 12.4. The molecule has 1 radical (unpaired) electrons. The SMILES string of the molecule is CCCCCCC(C/C=C/CC(CCCCC(O)[C]=O)[N+](=O)[O-])[N+](=O)[O-]. The van der Waals surface area contributed by atoms with Crippen molar-refractivity contribution in [3.63, 3.8) is 0 Å². The van der Waals surface area contributed by atoms with Crippen molar-refractivity contribution in [2.75, 3.05) is 0 Å². The first-order valence-corrected chi connectivity index (χ1v) is 9.40. The second-order valence-electron chi connectivity index (χ2n) is 6.59. The fraction of sp³-hybridized carbons (Fsp3) is 0.833. The molecule has 0 aromatic heterocycles. The van der Waals surface area contributed by atoms with Gasteiger partial charge in [-0.15, -0.1) is 0 Å². The average molecular weight is 371 g/mol. The monoisotopic (exact) mass is 371 g/mol. The molecule has 0 saturated heterocycles. The van der Waals surface area contributed by atoms with E-state index in [9.17, 15) is 25.0 Å². The van der Waals surface area contributed by atoms with Crippen LogP contribution in [0.15, 0.2) is 12.2 Å². The van der Waals surface area contributed by atoms with Gasteiger partial charge in [0.15, 0.2) is 0 Å². The Labute approximate surface area is 155 Å². The van der Waals surface area contributed by atoms with Gasteiger partial charge in [0.1, 0.15) is 6.10 Å². The molecule has 8 heteroatoms. The van der Waals surface area contributed by atoms with Gasteiger partial charge in [0.05, 0.1) is 0 Å². The summed E-state index contributed by atoms with van der Waals surface area (Å²) in [5.41, 5.74) is 0. The van der Waals surface area contributed by atoms with Crippen LogP contribution in [0.5, 0.6) is 0 Å². The summed E-state index contributed by atoms with van der Waals surface area (Å²) in [6.07, 6.45) is 10.4. The van der Waals surface area contributed by atoms with Crippen molar-refractivity contribution < 1.29 is 19.7 Å². The van der Waals surface area contributed by atoms with E-state index in [1.165, 1.54) is 6.29 Å². The molecular weight excluding hydrogens is 340 g/mol. The summed E-state index contributed by atoms with van der Waals surface area (Å²) in [5.74, 6) is 0. The highest BCUT2D eigenvalue weighted by molar-refractivity contribution is 5.56. The number of hydrogen-bond acceptors (Lipinski definition) is 6. The van der Waals surface area contributed by atoms with Crippen LogP contribution in [-0.4, -0.2) is 39.4 Å². The number of unbranched alkanes of at least 4 members (excludes halogenated alkanes) is 4. The van der Waals surface area contributed by atoms with E-state index in [-0.39, 0.29) is 22.7 Å². The Morgan fingerprint density at radius 2 is 1.35 bits per heavy atom. The van der Waals surface area contributed by atoms with Gasteiger partial charge in [-0.3, -0.25) is 25.0 Å². The molecule has 0 fully saturated rings. The van der Waals surface area contributed by atoms with Crippen LogP contribution in [-0.2, 0) is 4.79 Å². The summed E-state index contributed by atoms with van der Waals surface area (Å²) < 4.78 is 0. The summed E-state index contributed by atoms with van der Waals surface area (Å²) in [4.78, 5) is 31.7. The number of rotatable bonds is 17. The summed E-state index contributed by atoms with van der Waals surface area (Å²) in [6.45, 7) is 2.09. The van der Waals surface area contributed by atoms with Crippen LogP contribution >= 0.6 is 0 Å². The minimum atomic E-state index is -1.12. The van der Waals surface area contributed by atoms with Gasteiger partial charge < -0.3 is 5.11 Å². The zero-order valence-corrected chi connectivity index (χ0v) is 15.5. The highest BCUT2D eigenvalue weighted by atomic mass is 16.6. The fourth-order valence-corrected chi connectivity index (χ4v) is 2.71. The molecule has 0 spiro atoms. The predicted molar refractivity (Wildman–Crippen MR) is 98.9 cm³/mol. The number of nitro groups is 2. The molecule has 3 atom stereocenters. The predicted octanol–water partition coefficient (Wildman–Crippen LogP) is 3.61. The maximum absolute atomic E-state index is 11.1. The number of carbonyl (C=O) groups excluding carboxylic acids is 1. The van der Waals surface area contributed by atoms with E-state index >= 15 is 0 Å². The Morgan fingerprint density at radius 1 is 0.885 bits per heavy atom. The molecule has 149 valence electrons. The van der Waals surface area contributed by atoms with E-state index in [0.717, 1.165) is 25.7 Å². The first kappa shape index (κ1) is 24.2. The van der Waals surface area contributed by atoms with E-state index in [2.05, 4.69) is 6.92 Å². The van der Waals surface area contributed by atoms with Crippen LogP contribution in [0.4, 0.5) is 0 Å². The molecule has 0 bridgehead atoms. The Balaban J connectivity index is 4.20. The molecule has 0 heterocycles. The van der Waals surface area contributed by atoms with E-state index in [1.54, 1.807) is 12.2 Å². The average Bonchev–Trinajstić information content (AvgIpc) is 2.60. The van der Waals surface area contributed by atoms with E-state index in [0.29, 0.717) is 32.1 Å². The molecule has 8 nitrogen and oxygen atoms in total. The van der Waals surface area contributed by atoms with Crippen LogP contribution in [0.1, 0.15) is 77.6 Å². The molecule has 0 aliphatic heterocycles. The number of nitrogens with zero attached hydrogens (tertiary/aromatic N) is 2. The van der Waals surface area contributed by atoms with Crippen LogP contribution in [0.3, 0.4) is 0 Å². The molecule has 0 aromatic rings. The lowest BCUT2D eigenvalue weighted by Gasteiger charge is -2.08. The molecule has 0 aromatic carbocycles. The first-order valence-electron chi connectivity index (χ1n) is 9.40. The Kier molecular flexibility index (Phi) is 14.3. The Bertz CT molecular complexity index is 441. The minimum absolute atomic E-state index is 0.232. The van der Waals surface area contributed by atoms with Gasteiger partial charge in [-0.1, -0.05) is 44.8 Å². The highest BCUT2D eigenvalue weighted by Crippen LogP contribution is 2.14. The summed E-state index contributed by atoms with van der Waals surface area (Å²) in [5, 5.41) is 31.2. The largest absolute Gasteiger partial charge is 0.385 e. The molecule has 0 saturated carbocycles. The lowest BCUT2D eigenvalue weighted by Crippen LogP contribution is -2.19. The van der Waals surface area contributed by atoms with Crippen molar-refractivity contribution in [3.8, 4) is 0 Å². The zero-order valence-electron chi connectivity index (χ0n) is 15.5. The molecule has 0 amide bonds. The summed E-state index contributed by atoms with van der Waals surface area (Å²) in [6, 6.07) is -1.37. The molecule has 0 aliphatic rings. The molecule has 3 unspecified atom stereocenters. The third-order valence-corrected chi connectivity index (χ3v) is 4.37. The summed E-state index contributed by atoms with van der Waals surface area (Å²) >= 11 is 0. The van der Waals surface area contributed by atoms with Gasteiger partial charge >= 0.3 is 0 Å². The van der Waals surface area contributed by atoms with Crippen LogP contribution in [0, 0.1) is 20.2 Å². The molecule has 26 heavy (non-hydrogen) atoms. The van der Waals surface area contributed by atoms with Crippen molar-refractivity contribution in [1.29, 1.82) is 0 Å². The quantitative estimate of drug-likeness (QED) is 0.180. The number of aliphatic hydroxyl groups is 1. The molecular formula is C18H31N2O6. The fourth-order valence-electron chi connectivity index (χ4n) is 2.71. The van der Waals surface area contributed by atoms with Gasteiger partial charge in [0.2, 0.25) is 18.4 Å². The van der Waals surface area contributed by atoms with E-state index in [1.807, 2.05) is 0 Å². The van der Waals surface area contributed by atoms with Crippen molar-refractivity contribution in [2.45, 2.75) is 95.7 Å². The third-order valence-electron chi connectivity index (χ3n) is 4.37. The van der Waals surface area contributed by atoms with Crippen LogP contribution < -0.4 is 0 Å². The second kappa shape index (κ2) is 15.4. The third kappa shape index (κ3) is 12.5. The van der Waals surface area contributed by atoms with Gasteiger partial charge in [0, 0.05) is 35.5 Å². The highest BCUT2D eigenvalue weighted by Gasteiger charge is 2.20. The molecule has 0 rings (SSSR count). The van der Waals surface area contributed by atoms with Gasteiger partial charge in [-0.2, -0.15) is 0 Å².